The zero-order valence-corrected chi connectivity index (χ0v) is 7.61. The molecule has 0 aromatic rings. The van der Waals surface area contributed by atoms with Crippen LogP contribution in [0.4, 0.5) is 0 Å². The second kappa shape index (κ2) is 4.75. The van der Waals surface area contributed by atoms with Crippen LogP contribution in [0, 0.1) is 11.8 Å². The Morgan fingerprint density at radius 3 is 3.00 bits per heavy atom. The summed E-state index contributed by atoms with van der Waals surface area (Å²) in [6.07, 6.45) is 6.62. The van der Waals surface area contributed by atoms with Gasteiger partial charge in [-0.3, -0.25) is 0 Å². The average Bonchev–Trinajstić information content (AvgIpc) is 1.87. The molecule has 1 aliphatic rings. The largest absolute Gasteiger partial charge is 0.109 e. The zero-order chi connectivity index (χ0) is 7.23. The van der Waals surface area contributed by atoms with Crippen LogP contribution in [0.1, 0.15) is 32.1 Å². The van der Waals surface area contributed by atoms with Gasteiger partial charge in [0.2, 0.25) is 0 Å². The van der Waals surface area contributed by atoms with Crippen molar-refractivity contribution in [3.8, 4) is 11.8 Å². The first kappa shape index (κ1) is 8.09. The standard InChI is InChI=1S/C9H15P/c1-10-9-7-5-3-2-4-6-8-9/h9-10H,2-5,7H2,1H3. The molecule has 56 valence electrons. The summed E-state index contributed by atoms with van der Waals surface area (Å²) in [5.41, 5.74) is 0.736. The fourth-order valence-electron chi connectivity index (χ4n) is 1.22. The normalized spacial score (nSPS) is 27.1. The maximum Gasteiger partial charge on any atom is 0.0370 e. The SMILES string of the molecule is CPC1C#CCCCCC1. The lowest BCUT2D eigenvalue weighted by molar-refractivity contribution is 0.656. The van der Waals surface area contributed by atoms with Crippen LogP contribution in [0.15, 0.2) is 0 Å². The van der Waals surface area contributed by atoms with Crippen LogP contribution in [0.3, 0.4) is 0 Å². The Bertz CT molecular complexity index is 141. The van der Waals surface area contributed by atoms with Gasteiger partial charge in [0.25, 0.3) is 0 Å². The van der Waals surface area contributed by atoms with E-state index in [9.17, 15) is 0 Å². The third-order valence-corrected chi connectivity index (χ3v) is 3.05. The van der Waals surface area contributed by atoms with Crippen LogP contribution in [0.5, 0.6) is 0 Å². The molecule has 0 spiro atoms. The van der Waals surface area contributed by atoms with Crippen LogP contribution in [0.25, 0.3) is 0 Å². The lowest BCUT2D eigenvalue weighted by Crippen LogP contribution is -1.98. The maximum absolute atomic E-state index is 3.33. The first-order chi connectivity index (χ1) is 4.93. The first-order valence-electron chi connectivity index (χ1n) is 4.09. The molecule has 1 heteroatoms. The van der Waals surface area contributed by atoms with Gasteiger partial charge in [0.1, 0.15) is 0 Å². The van der Waals surface area contributed by atoms with Crippen molar-refractivity contribution in [2.24, 2.45) is 0 Å². The minimum atomic E-state index is 0.736. The Morgan fingerprint density at radius 1 is 1.30 bits per heavy atom. The predicted octanol–water partition coefficient (Wildman–Crippen LogP) is 2.63. The van der Waals surface area contributed by atoms with Crippen LogP contribution in [-0.2, 0) is 0 Å². The summed E-state index contributed by atoms with van der Waals surface area (Å²) in [7, 11) is 1.03. The minimum absolute atomic E-state index is 0.736. The van der Waals surface area contributed by atoms with E-state index in [0.29, 0.717) is 0 Å². The number of rotatable bonds is 1. The van der Waals surface area contributed by atoms with Gasteiger partial charge in [0.15, 0.2) is 0 Å². The van der Waals surface area contributed by atoms with E-state index >= 15 is 0 Å². The van der Waals surface area contributed by atoms with Crippen molar-refractivity contribution in [2.45, 2.75) is 37.8 Å². The maximum atomic E-state index is 3.33. The quantitative estimate of drug-likeness (QED) is 0.402. The van der Waals surface area contributed by atoms with Crippen molar-refractivity contribution in [2.75, 3.05) is 6.66 Å². The van der Waals surface area contributed by atoms with E-state index < -0.39 is 0 Å². The van der Waals surface area contributed by atoms with Gasteiger partial charge in [-0.25, -0.2) is 0 Å². The fraction of sp³-hybridized carbons (Fsp3) is 0.778. The summed E-state index contributed by atoms with van der Waals surface area (Å²) in [4.78, 5) is 0. The van der Waals surface area contributed by atoms with E-state index in [0.717, 1.165) is 20.7 Å². The molecule has 0 radical (unpaired) electrons. The summed E-state index contributed by atoms with van der Waals surface area (Å²) in [5.74, 6) is 6.58. The summed E-state index contributed by atoms with van der Waals surface area (Å²) >= 11 is 0. The molecule has 1 rings (SSSR count). The highest BCUT2D eigenvalue weighted by atomic mass is 31.1. The van der Waals surface area contributed by atoms with Crippen molar-refractivity contribution in [1.29, 1.82) is 0 Å². The Morgan fingerprint density at radius 2 is 2.20 bits per heavy atom. The lowest BCUT2D eigenvalue weighted by atomic mass is 10.1. The third-order valence-electron chi connectivity index (χ3n) is 1.92. The monoisotopic (exact) mass is 154 g/mol. The summed E-state index contributed by atoms with van der Waals surface area (Å²) < 4.78 is 0. The second-order valence-corrected chi connectivity index (χ2v) is 4.04. The molecule has 10 heavy (non-hydrogen) atoms. The Balaban J connectivity index is 2.39. The van der Waals surface area contributed by atoms with E-state index in [4.69, 9.17) is 0 Å². The van der Waals surface area contributed by atoms with Gasteiger partial charge in [0.05, 0.1) is 0 Å². The van der Waals surface area contributed by atoms with Crippen molar-refractivity contribution >= 4 is 8.58 Å². The smallest absolute Gasteiger partial charge is 0.0370 e. The average molecular weight is 154 g/mol. The molecule has 0 heterocycles. The molecule has 0 aromatic carbocycles. The first-order valence-corrected chi connectivity index (χ1v) is 5.67. The van der Waals surface area contributed by atoms with Crippen LogP contribution < -0.4 is 0 Å². The fourth-order valence-corrected chi connectivity index (χ4v) is 1.96. The van der Waals surface area contributed by atoms with Gasteiger partial charge in [-0.1, -0.05) is 18.8 Å². The molecule has 0 saturated heterocycles. The topological polar surface area (TPSA) is 0 Å². The summed E-state index contributed by atoms with van der Waals surface area (Å²) in [6, 6.07) is 0. The third kappa shape index (κ3) is 2.72. The Hall–Kier alpha value is -0.0100. The van der Waals surface area contributed by atoms with Crippen molar-refractivity contribution in [3.05, 3.63) is 0 Å². The molecule has 0 fully saturated rings. The van der Waals surface area contributed by atoms with E-state index in [1.54, 1.807) is 0 Å². The minimum Gasteiger partial charge on any atom is -0.109 e. The van der Waals surface area contributed by atoms with Crippen molar-refractivity contribution < 1.29 is 0 Å². The molecule has 0 bridgehead atoms. The van der Waals surface area contributed by atoms with Gasteiger partial charge in [-0.15, -0.1) is 14.5 Å². The summed E-state index contributed by atoms with van der Waals surface area (Å²) in [6.45, 7) is 2.26. The predicted molar refractivity (Wildman–Crippen MR) is 48.9 cm³/mol. The van der Waals surface area contributed by atoms with E-state index in [1.165, 1.54) is 25.7 Å². The summed E-state index contributed by atoms with van der Waals surface area (Å²) in [5, 5.41) is 0. The Kier molecular flexibility index (Phi) is 3.84. The van der Waals surface area contributed by atoms with E-state index in [-0.39, 0.29) is 0 Å². The lowest BCUT2D eigenvalue weighted by Gasteiger charge is -2.08. The molecular formula is C9H15P. The number of hydrogen-bond donors (Lipinski definition) is 0. The van der Waals surface area contributed by atoms with Gasteiger partial charge >= 0.3 is 0 Å². The highest BCUT2D eigenvalue weighted by Gasteiger charge is 2.02. The molecule has 0 N–H and O–H groups in total. The van der Waals surface area contributed by atoms with E-state index in [1.807, 2.05) is 0 Å². The molecule has 2 atom stereocenters. The highest BCUT2D eigenvalue weighted by molar-refractivity contribution is 7.38. The molecule has 2 unspecified atom stereocenters. The molecule has 0 saturated carbocycles. The van der Waals surface area contributed by atoms with Gasteiger partial charge in [-0.2, -0.15) is 0 Å². The molecule has 0 aliphatic heterocycles. The van der Waals surface area contributed by atoms with Crippen molar-refractivity contribution in [3.63, 3.8) is 0 Å². The Labute approximate surface area is 65.6 Å². The molecular weight excluding hydrogens is 139 g/mol. The van der Waals surface area contributed by atoms with Crippen LogP contribution in [0.2, 0.25) is 0 Å². The van der Waals surface area contributed by atoms with Gasteiger partial charge in [0, 0.05) is 12.1 Å². The molecule has 0 nitrogen and oxygen atoms in total. The number of hydrogen-bond acceptors (Lipinski definition) is 0. The zero-order valence-electron chi connectivity index (χ0n) is 6.61. The molecule has 1 aliphatic carbocycles. The second-order valence-electron chi connectivity index (χ2n) is 2.76. The van der Waals surface area contributed by atoms with Crippen LogP contribution in [-0.4, -0.2) is 12.3 Å². The van der Waals surface area contributed by atoms with Crippen LogP contribution >= 0.6 is 8.58 Å². The highest BCUT2D eigenvalue weighted by Crippen LogP contribution is 2.21. The van der Waals surface area contributed by atoms with Gasteiger partial charge < -0.3 is 0 Å². The molecule has 0 aromatic heterocycles. The van der Waals surface area contributed by atoms with Crippen molar-refractivity contribution in [1.82, 2.24) is 0 Å². The van der Waals surface area contributed by atoms with E-state index in [2.05, 4.69) is 18.5 Å². The van der Waals surface area contributed by atoms with Gasteiger partial charge in [-0.05, 0) is 19.5 Å². The molecule has 0 amide bonds.